The van der Waals surface area contributed by atoms with Crippen LogP contribution in [0.1, 0.15) is 33.1 Å². The number of thiol groups is 1. The molecule has 0 aliphatic heterocycles. The molecule has 0 spiro atoms. The average Bonchev–Trinajstić information content (AvgIpc) is 1.89. The predicted molar refractivity (Wildman–Crippen MR) is 47.1 cm³/mol. The van der Waals surface area contributed by atoms with Crippen LogP contribution >= 0.6 is 12.6 Å². The molecule has 0 saturated carbocycles. The third kappa shape index (κ3) is 5.97. The highest BCUT2D eigenvalue weighted by Crippen LogP contribution is 2.08. The highest BCUT2D eigenvalue weighted by atomic mass is 32.1. The number of hydrogen-bond donors (Lipinski definition) is 1. The van der Waals surface area contributed by atoms with E-state index in [0.717, 1.165) is 0 Å². The van der Waals surface area contributed by atoms with Crippen molar-refractivity contribution in [3.8, 4) is 0 Å². The van der Waals surface area contributed by atoms with Crippen LogP contribution in [0.2, 0.25) is 0 Å². The fourth-order valence-electron chi connectivity index (χ4n) is 0.659. The first-order valence-electron chi connectivity index (χ1n) is 3.60. The fourth-order valence-corrected chi connectivity index (χ4v) is 0.808. The van der Waals surface area contributed by atoms with Gasteiger partial charge < -0.3 is 0 Å². The maximum Gasteiger partial charge on any atom is 0.00171 e. The van der Waals surface area contributed by atoms with Crippen LogP contribution in [-0.4, -0.2) is 5.25 Å². The van der Waals surface area contributed by atoms with Gasteiger partial charge in [0.2, 0.25) is 0 Å². The van der Waals surface area contributed by atoms with E-state index < -0.39 is 0 Å². The number of rotatable bonds is 4. The van der Waals surface area contributed by atoms with Gasteiger partial charge in [-0.2, -0.15) is 12.6 Å². The van der Waals surface area contributed by atoms with Crippen LogP contribution in [0, 0.1) is 0 Å². The zero-order chi connectivity index (χ0) is 7.11. The van der Waals surface area contributed by atoms with Gasteiger partial charge in [0.25, 0.3) is 0 Å². The highest BCUT2D eigenvalue weighted by Gasteiger charge is 1.94. The Morgan fingerprint density at radius 2 is 2.22 bits per heavy atom. The molecule has 0 heterocycles. The van der Waals surface area contributed by atoms with Crippen LogP contribution in [0.3, 0.4) is 0 Å². The Kier molecular flexibility index (Phi) is 6.28. The molecule has 0 aliphatic rings. The molecule has 54 valence electrons. The Labute approximate surface area is 63.8 Å². The second-order valence-corrected chi connectivity index (χ2v) is 2.94. The second kappa shape index (κ2) is 6.21. The van der Waals surface area contributed by atoms with Gasteiger partial charge in [-0.25, -0.2) is 0 Å². The largest absolute Gasteiger partial charge is 0.176 e. The maximum absolute atomic E-state index is 4.37. The zero-order valence-electron chi connectivity index (χ0n) is 6.30. The van der Waals surface area contributed by atoms with Crippen LogP contribution in [0.4, 0.5) is 0 Å². The average molecular weight is 144 g/mol. The summed E-state index contributed by atoms with van der Waals surface area (Å²) >= 11 is 4.37. The van der Waals surface area contributed by atoms with E-state index in [1.165, 1.54) is 19.3 Å². The van der Waals surface area contributed by atoms with E-state index in [0.29, 0.717) is 5.25 Å². The molecule has 0 rings (SSSR count). The summed E-state index contributed by atoms with van der Waals surface area (Å²) in [5.41, 5.74) is 0. The molecule has 1 unspecified atom stereocenters. The van der Waals surface area contributed by atoms with Gasteiger partial charge in [-0.3, -0.25) is 0 Å². The first-order chi connectivity index (χ1) is 4.31. The molecule has 0 N–H and O–H groups in total. The summed E-state index contributed by atoms with van der Waals surface area (Å²) in [7, 11) is 0. The lowest BCUT2D eigenvalue weighted by molar-refractivity contribution is 0.753. The summed E-state index contributed by atoms with van der Waals surface area (Å²) < 4.78 is 0. The normalized spacial score (nSPS) is 14.6. The van der Waals surface area contributed by atoms with Gasteiger partial charge in [0.1, 0.15) is 0 Å². The SMILES string of the molecule is CC=CCCC(S)CC. The highest BCUT2D eigenvalue weighted by molar-refractivity contribution is 7.80. The molecule has 0 amide bonds. The minimum atomic E-state index is 0.598. The molecule has 0 radical (unpaired) electrons. The Bertz CT molecular complexity index is 76.6. The van der Waals surface area contributed by atoms with Gasteiger partial charge in [0.15, 0.2) is 0 Å². The van der Waals surface area contributed by atoms with E-state index in [4.69, 9.17) is 0 Å². The fraction of sp³-hybridized carbons (Fsp3) is 0.750. The smallest absolute Gasteiger partial charge is 0.00171 e. The van der Waals surface area contributed by atoms with Gasteiger partial charge in [-0.15, -0.1) is 0 Å². The van der Waals surface area contributed by atoms with Crippen molar-refractivity contribution >= 4 is 12.6 Å². The van der Waals surface area contributed by atoms with Gasteiger partial charge in [-0.1, -0.05) is 19.1 Å². The van der Waals surface area contributed by atoms with Crippen LogP contribution < -0.4 is 0 Å². The van der Waals surface area contributed by atoms with E-state index >= 15 is 0 Å². The summed E-state index contributed by atoms with van der Waals surface area (Å²) in [5.74, 6) is 0. The number of hydrogen-bond acceptors (Lipinski definition) is 1. The van der Waals surface area contributed by atoms with E-state index in [-0.39, 0.29) is 0 Å². The van der Waals surface area contributed by atoms with Crippen molar-refractivity contribution in [2.24, 2.45) is 0 Å². The molecule has 0 aliphatic carbocycles. The van der Waals surface area contributed by atoms with Gasteiger partial charge in [0.05, 0.1) is 0 Å². The van der Waals surface area contributed by atoms with Crippen molar-refractivity contribution in [3.05, 3.63) is 12.2 Å². The molecule has 0 fully saturated rings. The standard InChI is InChI=1S/C8H16S/c1-3-5-6-7-8(9)4-2/h3,5,8-9H,4,6-7H2,1-2H3. The van der Waals surface area contributed by atoms with Crippen molar-refractivity contribution in [2.75, 3.05) is 0 Å². The summed E-state index contributed by atoms with van der Waals surface area (Å²) in [6.07, 6.45) is 7.86. The van der Waals surface area contributed by atoms with Gasteiger partial charge in [-0.05, 0) is 26.2 Å². The Morgan fingerprint density at radius 3 is 2.67 bits per heavy atom. The summed E-state index contributed by atoms with van der Waals surface area (Å²) in [6, 6.07) is 0. The molecule has 0 bridgehead atoms. The number of allylic oxidation sites excluding steroid dienone is 2. The maximum atomic E-state index is 4.37. The van der Waals surface area contributed by atoms with Gasteiger partial charge in [0, 0.05) is 5.25 Å². The van der Waals surface area contributed by atoms with E-state index in [9.17, 15) is 0 Å². The lowest BCUT2D eigenvalue weighted by atomic mass is 10.2. The molecule has 0 aromatic heterocycles. The quantitative estimate of drug-likeness (QED) is 0.455. The molecule has 9 heavy (non-hydrogen) atoms. The molecule has 1 atom stereocenters. The topological polar surface area (TPSA) is 0 Å². The lowest BCUT2D eigenvalue weighted by Crippen LogP contribution is -1.93. The summed E-state index contributed by atoms with van der Waals surface area (Å²) in [5, 5.41) is 0.598. The Hall–Kier alpha value is 0.0900. The van der Waals surface area contributed by atoms with Crippen LogP contribution in [0.5, 0.6) is 0 Å². The van der Waals surface area contributed by atoms with Crippen molar-refractivity contribution < 1.29 is 0 Å². The molecular weight excluding hydrogens is 128 g/mol. The molecule has 0 aromatic rings. The first-order valence-corrected chi connectivity index (χ1v) is 4.12. The zero-order valence-corrected chi connectivity index (χ0v) is 7.20. The Morgan fingerprint density at radius 1 is 1.56 bits per heavy atom. The molecule has 0 nitrogen and oxygen atoms in total. The molecular formula is C8H16S. The summed E-state index contributed by atoms with van der Waals surface area (Å²) in [4.78, 5) is 0. The van der Waals surface area contributed by atoms with Crippen LogP contribution in [0.25, 0.3) is 0 Å². The molecule has 0 saturated heterocycles. The van der Waals surface area contributed by atoms with Crippen LogP contribution in [0.15, 0.2) is 12.2 Å². The van der Waals surface area contributed by atoms with Crippen molar-refractivity contribution in [1.82, 2.24) is 0 Å². The Balaban J connectivity index is 3.06. The molecule has 1 heteroatoms. The third-order valence-electron chi connectivity index (χ3n) is 1.37. The van der Waals surface area contributed by atoms with E-state index in [1.54, 1.807) is 0 Å². The van der Waals surface area contributed by atoms with Crippen molar-refractivity contribution in [1.29, 1.82) is 0 Å². The summed E-state index contributed by atoms with van der Waals surface area (Å²) in [6.45, 7) is 4.23. The minimum Gasteiger partial charge on any atom is -0.176 e. The van der Waals surface area contributed by atoms with E-state index in [1.807, 2.05) is 0 Å². The second-order valence-electron chi connectivity index (χ2n) is 2.21. The first kappa shape index (κ1) is 9.09. The van der Waals surface area contributed by atoms with Crippen molar-refractivity contribution in [2.45, 2.75) is 38.4 Å². The third-order valence-corrected chi connectivity index (χ3v) is 2.00. The van der Waals surface area contributed by atoms with Crippen molar-refractivity contribution in [3.63, 3.8) is 0 Å². The molecule has 0 aromatic carbocycles. The minimum absolute atomic E-state index is 0.598. The van der Waals surface area contributed by atoms with E-state index in [2.05, 4.69) is 38.6 Å². The van der Waals surface area contributed by atoms with Gasteiger partial charge >= 0.3 is 0 Å². The monoisotopic (exact) mass is 144 g/mol. The van der Waals surface area contributed by atoms with Crippen LogP contribution in [-0.2, 0) is 0 Å². The lowest BCUT2D eigenvalue weighted by Gasteiger charge is -2.02. The predicted octanol–water partition coefficient (Wildman–Crippen LogP) is 3.05.